The molecule has 1 N–H and O–H groups in total. The van der Waals surface area contributed by atoms with Crippen LogP contribution in [0, 0.1) is 11.6 Å². The van der Waals surface area contributed by atoms with Gasteiger partial charge < -0.3 is 5.32 Å². The Morgan fingerprint density at radius 1 is 1.37 bits per heavy atom. The van der Waals surface area contributed by atoms with Crippen LogP contribution in [0.2, 0.25) is 0 Å². The molecule has 0 bridgehead atoms. The van der Waals surface area contributed by atoms with Crippen molar-refractivity contribution >= 4 is 17.6 Å². The Kier molecular flexibility index (Phi) is 4.36. The predicted octanol–water partition coefficient (Wildman–Crippen LogP) is 3.07. The van der Waals surface area contributed by atoms with Crippen LogP contribution in [0.4, 0.5) is 14.6 Å². The molecule has 2 aromatic rings. The molecule has 102 valence electrons. The molecule has 2 rings (SSSR count). The van der Waals surface area contributed by atoms with Crippen LogP contribution in [-0.2, 0) is 7.05 Å². The van der Waals surface area contributed by atoms with Crippen LogP contribution in [0.15, 0.2) is 28.4 Å². The lowest BCUT2D eigenvalue weighted by Crippen LogP contribution is -2.06. The van der Waals surface area contributed by atoms with E-state index in [9.17, 15) is 8.78 Å². The number of hydrogen-bond donors (Lipinski definition) is 1. The fourth-order valence-corrected chi connectivity index (χ4v) is 2.27. The lowest BCUT2D eigenvalue weighted by atomic mass is 10.4. The maximum atomic E-state index is 13.7. The molecular formula is C12H14F2N4S. The van der Waals surface area contributed by atoms with E-state index in [4.69, 9.17) is 0 Å². The number of nitrogens with one attached hydrogen (secondary N) is 1. The van der Waals surface area contributed by atoms with E-state index in [1.807, 2.05) is 6.92 Å². The molecule has 0 saturated carbocycles. The minimum Gasteiger partial charge on any atom is -0.368 e. The van der Waals surface area contributed by atoms with E-state index in [-0.39, 0.29) is 10.8 Å². The smallest absolute Gasteiger partial charge is 0.168 e. The summed E-state index contributed by atoms with van der Waals surface area (Å²) in [4.78, 5) is 4.73. The molecule has 0 aromatic carbocycles. The van der Waals surface area contributed by atoms with Crippen LogP contribution >= 0.6 is 11.8 Å². The SMILES string of the molecule is CCCNc1nc(Sc2cnn(C)c2)c(F)cc1F. The van der Waals surface area contributed by atoms with Crippen LogP contribution in [0.25, 0.3) is 0 Å². The highest BCUT2D eigenvalue weighted by atomic mass is 32.2. The fraction of sp³-hybridized carbons (Fsp3) is 0.333. The first-order valence-electron chi connectivity index (χ1n) is 5.86. The first kappa shape index (κ1) is 13.8. The Bertz CT molecular complexity index is 571. The molecule has 0 aliphatic carbocycles. The zero-order valence-electron chi connectivity index (χ0n) is 10.7. The van der Waals surface area contributed by atoms with Gasteiger partial charge in [0.25, 0.3) is 0 Å². The van der Waals surface area contributed by atoms with Crippen LogP contribution in [0.1, 0.15) is 13.3 Å². The minimum atomic E-state index is -0.679. The molecule has 7 heteroatoms. The quantitative estimate of drug-likeness (QED) is 0.916. The van der Waals surface area contributed by atoms with Crippen molar-refractivity contribution < 1.29 is 8.78 Å². The first-order valence-corrected chi connectivity index (χ1v) is 6.68. The second kappa shape index (κ2) is 6.01. The zero-order chi connectivity index (χ0) is 13.8. The zero-order valence-corrected chi connectivity index (χ0v) is 11.5. The topological polar surface area (TPSA) is 42.7 Å². The second-order valence-corrected chi connectivity index (χ2v) is 5.05. The van der Waals surface area contributed by atoms with E-state index < -0.39 is 11.6 Å². The van der Waals surface area contributed by atoms with Gasteiger partial charge in [-0.25, -0.2) is 13.8 Å². The van der Waals surface area contributed by atoms with Crippen molar-refractivity contribution in [1.82, 2.24) is 14.8 Å². The monoisotopic (exact) mass is 284 g/mol. The summed E-state index contributed by atoms with van der Waals surface area (Å²) < 4.78 is 28.8. The molecule has 0 amide bonds. The Labute approximate surface area is 114 Å². The van der Waals surface area contributed by atoms with Gasteiger partial charge in [0.15, 0.2) is 17.5 Å². The Balaban J connectivity index is 2.24. The molecule has 19 heavy (non-hydrogen) atoms. The van der Waals surface area contributed by atoms with Crippen LogP contribution in [-0.4, -0.2) is 21.3 Å². The lowest BCUT2D eigenvalue weighted by molar-refractivity contribution is 0.551. The van der Waals surface area contributed by atoms with Crippen molar-refractivity contribution in [3.63, 3.8) is 0 Å². The van der Waals surface area contributed by atoms with Crippen molar-refractivity contribution in [3.05, 3.63) is 30.1 Å². The summed E-state index contributed by atoms with van der Waals surface area (Å²) in [5, 5.41) is 6.95. The normalized spacial score (nSPS) is 10.7. The van der Waals surface area contributed by atoms with Gasteiger partial charge in [0.05, 0.1) is 11.1 Å². The van der Waals surface area contributed by atoms with E-state index in [2.05, 4.69) is 15.4 Å². The average molecular weight is 284 g/mol. The van der Waals surface area contributed by atoms with Gasteiger partial charge in [-0.1, -0.05) is 18.7 Å². The maximum Gasteiger partial charge on any atom is 0.168 e. The first-order chi connectivity index (χ1) is 9.10. The van der Waals surface area contributed by atoms with Crippen molar-refractivity contribution in [3.8, 4) is 0 Å². The maximum absolute atomic E-state index is 13.7. The number of halogens is 2. The van der Waals surface area contributed by atoms with Gasteiger partial charge in [-0.3, -0.25) is 4.68 Å². The molecule has 0 unspecified atom stereocenters. The number of anilines is 1. The van der Waals surface area contributed by atoms with Crippen molar-refractivity contribution in [2.45, 2.75) is 23.3 Å². The molecule has 0 atom stereocenters. The number of hydrogen-bond acceptors (Lipinski definition) is 4. The Morgan fingerprint density at radius 2 is 2.16 bits per heavy atom. The Morgan fingerprint density at radius 3 is 2.79 bits per heavy atom. The number of aryl methyl sites for hydroxylation is 1. The van der Waals surface area contributed by atoms with Crippen LogP contribution in [0.3, 0.4) is 0 Å². The molecular weight excluding hydrogens is 270 g/mol. The molecule has 2 aromatic heterocycles. The summed E-state index contributed by atoms with van der Waals surface area (Å²) in [6.45, 7) is 2.55. The van der Waals surface area contributed by atoms with Gasteiger partial charge in [-0.15, -0.1) is 0 Å². The van der Waals surface area contributed by atoms with Crippen LogP contribution < -0.4 is 5.32 Å². The van der Waals surface area contributed by atoms with Crippen molar-refractivity contribution in [1.29, 1.82) is 0 Å². The van der Waals surface area contributed by atoms with Gasteiger partial charge in [0.2, 0.25) is 0 Å². The summed E-state index contributed by atoms with van der Waals surface area (Å²) in [6, 6.07) is 0.851. The van der Waals surface area contributed by atoms with Crippen molar-refractivity contribution in [2.24, 2.45) is 7.05 Å². The third kappa shape index (κ3) is 3.44. The number of rotatable bonds is 5. The highest BCUT2D eigenvalue weighted by molar-refractivity contribution is 7.99. The number of nitrogens with zero attached hydrogens (tertiary/aromatic N) is 3. The fourth-order valence-electron chi connectivity index (χ4n) is 1.45. The molecule has 2 heterocycles. The summed E-state index contributed by atoms with van der Waals surface area (Å²) >= 11 is 1.12. The van der Waals surface area contributed by atoms with E-state index in [1.165, 1.54) is 0 Å². The molecule has 0 aliphatic rings. The summed E-state index contributed by atoms with van der Waals surface area (Å²) in [7, 11) is 1.77. The summed E-state index contributed by atoms with van der Waals surface area (Å²) in [6.07, 6.45) is 4.19. The molecule has 0 radical (unpaired) electrons. The lowest BCUT2D eigenvalue weighted by Gasteiger charge is -2.08. The highest BCUT2D eigenvalue weighted by Gasteiger charge is 2.13. The third-order valence-electron chi connectivity index (χ3n) is 2.34. The van der Waals surface area contributed by atoms with Crippen molar-refractivity contribution in [2.75, 3.05) is 11.9 Å². The second-order valence-electron chi connectivity index (χ2n) is 3.98. The van der Waals surface area contributed by atoms with E-state index in [0.29, 0.717) is 6.54 Å². The average Bonchev–Trinajstić information content (AvgIpc) is 2.77. The minimum absolute atomic E-state index is 0.0784. The van der Waals surface area contributed by atoms with Gasteiger partial charge in [-0.05, 0) is 6.42 Å². The third-order valence-corrected chi connectivity index (χ3v) is 3.26. The van der Waals surface area contributed by atoms with E-state index in [1.54, 1.807) is 24.1 Å². The molecule has 0 fully saturated rings. The molecule has 4 nitrogen and oxygen atoms in total. The van der Waals surface area contributed by atoms with Gasteiger partial charge >= 0.3 is 0 Å². The largest absolute Gasteiger partial charge is 0.368 e. The Hall–Kier alpha value is -1.63. The van der Waals surface area contributed by atoms with E-state index >= 15 is 0 Å². The van der Waals surface area contributed by atoms with E-state index in [0.717, 1.165) is 29.1 Å². The molecule has 0 saturated heterocycles. The highest BCUT2D eigenvalue weighted by Crippen LogP contribution is 2.29. The van der Waals surface area contributed by atoms with Gasteiger partial charge in [0.1, 0.15) is 5.03 Å². The summed E-state index contributed by atoms with van der Waals surface area (Å²) in [5.41, 5.74) is 0. The molecule has 0 aliphatic heterocycles. The van der Waals surface area contributed by atoms with Gasteiger partial charge in [-0.2, -0.15) is 5.10 Å². The molecule has 0 spiro atoms. The summed E-state index contributed by atoms with van der Waals surface area (Å²) in [5.74, 6) is -1.27. The van der Waals surface area contributed by atoms with Gasteiger partial charge in [0, 0.05) is 25.9 Å². The van der Waals surface area contributed by atoms with Crippen LogP contribution in [0.5, 0.6) is 0 Å². The number of aromatic nitrogens is 3. The predicted molar refractivity (Wildman–Crippen MR) is 70.3 cm³/mol. The number of pyridine rings is 1. The standard InChI is InChI=1S/C12H14F2N4S/c1-3-4-15-11-9(13)5-10(14)12(17-11)19-8-6-16-18(2)7-8/h5-7H,3-4H2,1-2H3,(H,15,17).